The minimum absolute atomic E-state index is 0.144. The van der Waals surface area contributed by atoms with E-state index in [0.717, 1.165) is 44.1 Å². The van der Waals surface area contributed by atoms with E-state index < -0.39 is 5.54 Å². The van der Waals surface area contributed by atoms with Crippen LogP contribution in [0.3, 0.4) is 0 Å². The topological polar surface area (TPSA) is 102 Å². The fraction of sp³-hybridized carbons (Fsp3) is 0.619. The summed E-state index contributed by atoms with van der Waals surface area (Å²) < 4.78 is 0. The van der Waals surface area contributed by atoms with Crippen molar-refractivity contribution in [3.05, 3.63) is 16.0 Å². The molecule has 2 heterocycles. The van der Waals surface area contributed by atoms with Crippen LogP contribution < -0.4 is 10.6 Å². The summed E-state index contributed by atoms with van der Waals surface area (Å²) in [6, 6.07) is 1.93. The Balaban J connectivity index is 1.33. The van der Waals surface area contributed by atoms with Gasteiger partial charge in [-0.3, -0.25) is 14.5 Å². The maximum absolute atomic E-state index is 12.6. The predicted octanol–water partition coefficient (Wildman–Crippen LogP) is 3.47. The molecule has 1 aromatic rings. The van der Waals surface area contributed by atoms with Crippen LogP contribution >= 0.6 is 11.3 Å². The van der Waals surface area contributed by atoms with Crippen LogP contribution in [0.4, 0.5) is 9.80 Å². The van der Waals surface area contributed by atoms with Crippen molar-refractivity contribution < 1.29 is 14.4 Å². The van der Waals surface area contributed by atoms with Gasteiger partial charge in [0.25, 0.3) is 5.91 Å². The number of hydrogen-bond donors (Lipinski definition) is 2. The van der Waals surface area contributed by atoms with Crippen molar-refractivity contribution in [2.45, 2.75) is 76.2 Å². The molecule has 2 N–H and O–H groups in total. The molecule has 1 saturated carbocycles. The molecule has 29 heavy (non-hydrogen) atoms. The lowest BCUT2D eigenvalue weighted by atomic mass is 9.98. The fourth-order valence-electron chi connectivity index (χ4n) is 4.73. The first-order valence-corrected chi connectivity index (χ1v) is 11.3. The molecule has 3 aliphatic rings. The van der Waals surface area contributed by atoms with E-state index in [1.807, 2.05) is 0 Å². The van der Waals surface area contributed by atoms with E-state index in [9.17, 15) is 19.6 Å². The summed E-state index contributed by atoms with van der Waals surface area (Å²) in [6.45, 7) is 0.242. The molecule has 1 spiro atoms. The lowest BCUT2D eigenvalue weighted by molar-refractivity contribution is -0.131. The number of urea groups is 1. The van der Waals surface area contributed by atoms with Crippen molar-refractivity contribution in [2.75, 3.05) is 11.9 Å². The van der Waals surface area contributed by atoms with Gasteiger partial charge in [-0.05, 0) is 50.5 Å². The summed E-state index contributed by atoms with van der Waals surface area (Å²) in [4.78, 5) is 39.7. The molecule has 2 aliphatic carbocycles. The normalized spacial score (nSPS) is 20.3. The zero-order valence-electron chi connectivity index (χ0n) is 16.5. The molecule has 154 valence electrons. The number of amides is 4. The Morgan fingerprint density at radius 2 is 1.93 bits per heavy atom. The molecule has 4 amide bonds. The second-order valence-electron chi connectivity index (χ2n) is 8.21. The van der Waals surface area contributed by atoms with E-state index in [-0.39, 0.29) is 30.8 Å². The highest BCUT2D eigenvalue weighted by atomic mass is 32.1. The first-order valence-electron chi connectivity index (χ1n) is 10.5. The fourth-order valence-corrected chi connectivity index (χ4v) is 5.99. The number of carbonyl (C=O) groups is 3. The smallest absolute Gasteiger partial charge is 0.323 e. The molecule has 1 aromatic heterocycles. The molecule has 0 atom stereocenters. The van der Waals surface area contributed by atoms with E-state index >= 15 is 0 Å². The molecule has 1 saturated heterocycles. The number of nitrogens with one attached hydrogen (secondary N) is 2. The van der Waals surface area contributed by atoms with Gasteiger partial charge in [-0.1, -0.05) is 19.3 Å². The van der Waals surface area contributed by atoms with Gasteiger partial charge in [0.15, 0.2) is 0 Å². The monoisotopic (exact) mass is 414 g/mol. The number of carbonyl (C=O) groups excluding carboxylic acids is 3. The van der Waals surface area contributed by atoms with Crippen LogP contribution in [0.25, 0.3) is 0 Å². The Morgan fingerprint density at radius 1 is 1.17 bits per heavy atom. The van der Waals surface area contributed by atoms with Gasteiger partial charge < -0.3 is 10.6 Å². The summed E-state index contributed by atoms with van der Waals surface area (Å²) in [5.74, 6) is -0.324. The molecular weight excluding hydrogens is 388 g/mol. The number of fused-ring (bicyclic) bond motifs is 1. The van der Waals surface area contributed by atoms with Crippen LogP contribution in [-0.2, 0) is 22.4 Å². The number of aryl methyl sites for hydroxylation is 1. The number of hydrogen-bond acceptors (Lipinski definition) is 5. The van der Waals surface area contributed by atoms with Crippen molar-refractivity contribution in [3.63, 3.8) is 0 Å². The van der Waals surface area contributed by atoms with E-state index in [1.54, 1.807) is 0 Å². The van der Waals surface area contributed by atoms with Crippen molar-refractivity contribution in [1.82, 2.24) is 10.2 Å². The molecule has 0 radical (unpaired) electrons. The standard InChI is InChI=1S/C21H26N4O3S/c22-13-15-14-7-2-1-3-8-16(14)29-18(15)23-17(26)9-6-12-25-19(27)21(24-20(25)28)10-4-5-11-21/h1-12H2,(H,23,26)(H,24,28). The largest absolute Gasteiger partial charge is 0.325 e. The summed E-state index contributed by atoms with van der Waals surface area (Å²) >= 11 is 1.52. The Hall–Kier alpha value is -2.40. The minimum Gasteiger partial charge on any atom is -0.323 e. The molecule has 0 aromatic carbocycles. The quantitative estimate of drug-likeness (QED) is 0.569. The average molecular weight is 415 g/mol. The molecule has 0 bridgehead atoms. The molecule has 8 heteroatoms. The second-order valence-corrected chi connectivity index (χ2v) is 9.31. The molecule has 2 fully saturated rings. The van der Waals surface area contributed by atoms with Gasteiger partial charge in [-0.15, -0.1) is 11.3 Å². The van der Waals surface area contributed by atoms with Gasteiger partial charge in [0, 0.05) is 17.8 Å². The SMILES string of the molecule is N#Cc1c(NC(=O)CCCN2C(=O)NC3(CCCC3)C2=O)sc2c1CCCCC2. The molecule has 7 nitrogen and oxygen atoms in total. The maximum Gasteiger partial charge on any atom is 0.325 e. The lowest BCUT2D eigenvalue weighted by Crippen LogP contribution is -2.44. The zero-order chi connectivity index (χ0) is 20.4. The van der Waals surface area contributed by atoms with Crippen LogP contribution in [-0.4, -0.2) is 34.8 Å². The summed E-state index contributed by atoms with van der Waals surface area (Å²) in [6.07, 6.45) is 9.19. The van der Waals surface area contributed by atoms with E-state index in [2.05, 4.69) is 16.7 Å². The number of nitriles is 1. The van der Waals surface area contributed by atoms with Crippen LogP contribution in [0.1, 0.15) is 73.8 Å². The van der Waals surface area contributed by atoms with Crippen molar-refractivity contribution in [3.8, 4) is 6.07 Å². The van der Waals surface area contributed by atoms with Crippen LogP contribution in [0.2, 0.25) is 0 Å². The van der Waals surface area contributed by atoms with Crippen molar-refractivity contribution >= 4 is 34.2 Å². The summed E-state index contributed by atoms with van der Waals surface area (Å²) in [5, 5.41) is 16.0. The Bertz CT molecular complexity index is 879. The number of imide groups is 1. The highest BCUT2D eigenvalue weighted by Crippen LogP contribution is 2.37. The van der Waals surface area contributed by atoms with Crippen LogP contribution in [0.5, 0.6) is 0 Å². The summed E-state index contributed by atoms with van der Waals surface area (Å²) in [5.41, 5.74) is 1.01. The van der Waals surface area contributed by atoms with Gasteiger partial charge in [0.1, 0.15) is 16.6 Å². The third-order valence-corrected chi connectivity index (χ3v) is 7.48. The Labute approximate surface area is 174 Å². The molecule has 1 aliphatic heterocycles. The highest BCUT2D eigenvalue weighted by Gasteiger charge is 2.52. The van der Waals surface area contributed by atoms with Gasteiger partial charge in [-0.25, -0.2) is 4.79 Å². The predicted molar refractivity (Wildman–Crippen MR) is 110 cm³/mol. The van der Waals surface area contributed by atoms with Crippen LogP contribution in [0.15, 0.2) is 0 Å². The third kappa shape index (κ3) is 3.76. The summed E-state index contributed by atoms with van der Waals surface area (Å²) in [7, 11) is 0. The number of nitrogens with zero attached hydrogens (tertiary/aromatic N) is 2. The van der Waals surface area contributed by atoms with Gasteiger partial charge in [0.2, 0.25) is 5.91 Å². The highest BCUT2D eigenvalue weighted by molar-refractivity contribution is 7.16. The van der Waals surface area contributed by atoms with Gasteiger partial charge in [-0.2, -0.15) is 5.26 Å². The van der Waals surface area contributed by atoms with Crippen LogP contribution in [0, 0.1) is 11.3 Å². The lowest BCUT2D eigenvalue weighted by Gasteiger charge is -2.19. The van der Waals surface area contributed by atoms with Gasteiger partial charge in [0.05, 0.1) is 5.56 Å². The molecule has 0 unspecified atom stereocenters. The molecule has 4 rings (SSSR count). The second kappa shape index (κ2) is 8.15. The molecular formula is C21H26N4O3S. The first-order chi connectivity index (χ1) is 14.0. The minimum atomic E-state index is -0.699. The first kappa shape index (κ1) is 19.9. The number of thiophene rings is 1. The zero-order valence-corrected chi connectivity index (χ0v) is 17.3. The third-order valence-electron chi connectivity index (χ3n) is 6.27. The average Bonchev–Trinajstić information content (AvgIpc) is 3.29. The van der Waals surface area contributed by atoms with E-state index in [1.165, 1.54) is 27.5 Å². The number of anilines is 1. The number of rotatable bonds is 5. The van der Waals surface area contributed by atoms with Crippen molar-refractivity contribution in [2.24, 2.45) is 0 Å². The Kier molecular flexibility index (Phi) is 5.59. The Morgan fingerprint density at radius 3 is 2.69 bits per heavy atom. The van der Waals surface area contributed by atoms with E-state index in [4.69, 9.17) is 0 Å². The maximum atomic E-state index is 12.6. The van der Waals surface area contributed by atoms with Crippen molar-refractivity contribution in [1.29, 1.82) is 5.26 Å². The van der Waals surface area contributed by atoms with E-state index in [0.29, 0.717) is 29.8 Å². The van der Waals surface area contributed by atoms with Gasteiger partial charge >= 0.3 is 6.03 Å².